The largest absolute Gasteiger partial charge is 0.330 e. The molecular weight excluding hydrogens is 332 g/mol. The Hall–Kier alpha value is -1.69. The molecule has 0 aliphatic heterocycles. The van der Waals surface area contributed by atoms with Crippen LogP contribution < -0.4 is 10.7 Å². The maximum atomic E-state index is 12.7. The molecule has 108 valence electrons. The molecule has 2 aromatic carbocycles. The fourth-order valence-electron chi connectivity index (χ4n) is 1.46. The van der Waals surface area contributed by atoms with Crippen molar-refractivity contribution in [3.8, 4) is 0 Å². The van der Waals surface area contributed by atoms with Crippen molar-refractivity contribution in [1.29, 1.82) is 0 Å². The second-order valence-electron chi connectivity index (χ2n) is 4.00. The molecule has 0 saturated heterocycles. The third kappa shape index (κ3) is 4.97. The van der Waals surface area contributed by atoms with Crippen molar-refractivity contribution in [2.45, 2.75) is 0 Å². The van der Waals surface area contributed by atoms with Crippen molar-refractivity contribution in [1.82, 2.24) is 5.43 Å². The van der Waals surface area contributed by atoms with Gasteiger partial charge in [0.2, 0.25) is 0 Å². The standard InChI is InChI=1S/C14H10Cl2FN3S/c15-10-3-6-13(12(16)7-10)19-14(21)20-18-8-9-1-4-11(17)5-2-9/h1-8H,(H2,19,20,21). The maximum absolute atomic E-state index is 12.7. The average Bonchev–Trinajstić information content (AvgIpc) is 2.44. The van der Waals surface area contributed by atoms with E-state index in [1.165, 1.54) is 18.3 Å². The zero-order chi connectivity index (χ0) is 15.2. The molecule has 0 heterocycles. The summed E-state index contributed by atoms with van der Waals surface area (Å²) >= 11 is 16.9. The van der Waals surface area contributed by atoms with Gasteiger partial charge in [0.25, 0.3) is 0 Å². The molecule has 0 aliphatic carbocycles. The van der Waals surface area contributed by atoms with E-state index >= 15 is 0 Å². The molecular formula is C14H10Cl2FN3S. The monoisotopic (exact) mass is 341 g/mol. The predicted octanol–water partition coefficient (Wildman–Crippen LogP) is 4.45. The lowest BCUT2D eigenvalue weighted by Crippen LogP contribution is -2.24. The van der Waals surface area contributed by atoms with Crippen LogP contribution in [0.5, 0.6) is 0 Å². The molecule has 0 atom stereocenters. The van der Waals surface area contributed by atoms with E-state index in [0.717, 1.165) is 5.56 Å². The van der Waals surface area contributed by atoms with Gasteiger partial charge in [0.05, 0.1) is 16.9 Å². The van der Waals surface area contributed by atoms with Crippen molar-refractivity contribution in [3.05, 3.63) is 63.9 Å². The van der Waals surface area contributed by atoms with Crippen LogP contribution in [-0.4, -0.2) is 11.3 Å². The smallest absolute Gasteiger partial charge is 0.191 e. The third-order valence-corrected chi connectivity index (χ3v) is 3.17. The highest BCUT2D eigenvalue weighted by Gasteiger charge is 2.02. The molecule has 0 fully saturated rings. The number of nitrogens with one attached hydrogen (secondary N) is 2. The van der Waals surface area contributed by atoms with Gasteiger partial charge >= 0.3 is 0 Å². The van der Waals surface area contributed by atoms with Gasteiger partial charge in [-0.1, -0.05) is 35.3 Å². The van der Waals surface area contributed by atoms with Crippen molar-refractivity contribution in [2.24, 2.45) is 5.10 Å². The van der Waals surface area contributed by atoms with Gasteiger partial charge in [0.15, 0.2) is 5.11 Å². The molecule has 0 amide bonds. The van der Waals surface area contributed by atoms with Gasteiger partial charge in [0.1, 0.15) is 5.82 Å². The molecule has 2 rings (SSSR count). The van der Waals surface area contributed by atoms with Crippen LogP contribution in [0.25, 0.3) is 0 Å². The quantitative estimate of drug-likeness (QED) is 0.491. The zero-order valence-corrected chi connectivity index (χ0v) is 12.9. The molecule has 7 heteroatoms. The van der Waals surface area contributed by atoms with E-state index in [1.807, 2.05) is 0 Å². The van der Waals surface area contributed by atoms with E-state index in [-0.39, 0.29) is 10.9 Å². The Morgan fingerprint density at radius 3 is 2.52 bits per heavy atom. The van der Waals surface area contributed by atoms with E-state index < -0.39 is 0 Å². The number of thiocarbonyl (C=S) groups is 1. The number of hydrazone groups is 1. The van der Waals surface area contributed by atoms with E-state index in [4.69, 9.17) is 35.4 Å². The molecule has 0 saturated carbocycles. The van der Waals surface area contributed by atoms with Crippen LogP contribution in [0.1, 0.15) is 5.56 Å². The van der Waals surface area contributed by atoms with Crippen molar-refractivity contribution < 1.29 is 4.39 Å². The summed E-state index contributed by atoms with van der Waals surface area (Å²) in [5.74, 6) is -0.297. The Kier molecular flexibility index (Phi) is 5.50. The second kappa shape index (κ2) is 7.36. The first-order valence-corrected chi connectivity index (χ1v) is 7.02. The van der Waals surface area contributed by atoms with E-state index in [0.29, 0.717) is 15.7 Å². The number of nitrogens with zero attached hydrogens (tertiary/aromatic N) is 1. The second-order valence-corrected chi connectivity index (χ2v) is 5.25. The number of hydrogen-bond acceptors (Lipinski definition) is 2. The van der Waals surface area contributed by atoms with Gasteiger partial charge in [-0.2, -0.15) is 5.10 Å². The molecule has 0 unspecified atom stereocenters. The van der Waals surface area contributed by atoms with Crippen LogP contribution in [0.2, 0.25) is 10.0 Å². The molecule has 0 spiro atoms. The van der Waals surface area contributed by atoms with Crippen molar-refractivity contribution >= 4 is 52.4 Å². The van der Waals surface area contributed by atoms with Gasteiger partial charge in [0, 0.05) is 5.02 Å². The van der Waals surface area contributed by atoms with Gasteiger partial charge in [-0.05, 0) is 48.1 Å². The minimum absolute atomic E-state index is 0.276. The highest BCUT2D eigenvalue weighted by Crippen LogP contribution is 2.25. The van der Waals surface area contributed by atoms with Gasteiger partial charge in [-0.15, -0.1) is 0 Å². The van der Waals surface area contributed by atoms with Gasteiger partial charge in [-0.3, -0.25) is 5.43 Å². The van der Waals surface area contributed by atoms with Crippen LogP contribution in [0.3, 0.4) is 0 Å². The fraction of sp³-hybridized carbons (Fsp3) is 0. The molecule has 21 heavy (non-hydrogen) atoms. The van der Waals surface area contributed by atoms with E-state index in [2.05, 4.69) is 15.8 Å². The summed E-state index contributed by atoms with van der Waals surface area (Å²) in [5, 5.41) is 8.10. The van der Waals surface area contributed by atoms with Crippen molar-refractivity contribution in [3.63, 3.8) is 0 Å². The molecule has 0 aromatic heterocycles. The molecule has 3 nitrogen and oxygen atoms in total. The lowest BCUT2D eigenvalue weighted by Gasteiger charge is -2.08. The van der Waals surface area contributed by atoms with Crippen molar-refractivity contribution in [2.75, 3.05) is 5.32 Å². The lowest BCUT2D eigenvalue weighted by molar-refractivity contribution is 0.628. The van der Waals surface area contributed by atoms with Gasteiger partial charge < -0.3 is 5.32 Å². The number of benzene rings is 2. The lowest BCUT2D eigenvalue weighted by atomic mass is 10.2. The number of rotatable bonds is 3. The fourth-order valence-corrected chi connectivity index (χ4v) is 2.07. The summed E-state index contributed by atoms with van der Waals surface area (Å²) < 4.78 is 12.7. The molecule has 0 aliphatic rings. The summed E-state index contributed by atoms with van der Waals surface area (Å²) in [4.78, 5) is 0. The summed E-state index contributed by atoms with van der Waals surface area (Å²) in [7, 11) is 0. The van der Waals surface area contributed by atoms with Crippen LogP contribution >= 0.6 is 35.4 Å². The molecule has 2 aromatic rings. The van der Waals surface area contributed by atoms with Crippen LogP contribution in [0.15, 0.2) is 47.6 Å². The maximum Gasteiger partial charge on any atom is 0.191 e. The summed E-state index contributed by atoms with van der Waals surface area (Å²) in [6.07, 6.45) is 1.52. The minimum atomic E-state index is -0.297. The minimum Gasteiger partial charge on any atom is -0.330 e. The van der Waals surface area contributed by atoms with E-state index in [9.17, 15) is 4.39 Å². The Morgan fingerprint density at radius 1 is 1.14 bits per heavy atom. The Bertz CT molecular complexity index is 674. The first-order chi connectivity index (χ1) is 10.0. The van der Waals surface area contributed by atoms with E-state index in [1.54, 1.807) is 30.3 Å². The Morgan fingerprint density at radius 2 is 1.86 bits per heavy atom. The molecule has 2 N–H and O–H groups in total. The first kappa shape index (κ1) is 15.7. The topological polar surface area (TPSA) is 36.4 Å². The number of anilines is 1. The molecule has 0 bridgehead atoms. The zero-order valence-electron chi connectivity index (χ0n) is 10.6. The number of halogens is 3. The number of hydrogen-bond donors (Lipinski definition) is 2. The molecule has 0 radical (unpaired) electrons. The average molecular weight is 342 g/mol. The summed E-state index contributed by atoms with van der Waals surface area (Å²) in [5.41, 5.74) is 4.01. The predicted molar refractivity (Wildman–Crippen MR) is 89.8 cm³/mol. The Labute approximate surface area is 136 Å². The van der Waals surface area contributed by atoms with Crippen LogP contribution in [-0.2, 0) is 0 Å². The van der Waals surface area contributed by atoms with Gasteiger partial charge in [-0.25, -0.2) is 4.39 Å². The Balaban J connectivity index is 1.91. The summed E-state index contributed by atoms with van der Waals surface area (Å²) in [6.45, 7) is 0. The third-order valence-electron chi connectivity index (χ3n) is 2.43. The first-order valence-electron chi connectivity index (χ1n) is 5.85. The highest BCUT2D eigenvalue weighted by molar-refractivity contribution is 7.80. The van der Waals surface area contributed by atoms with Crippen LogP contribution in [0, 0.1) is 5.82 Å². The SMILES string of the molecule is Fc1ccc(C=NNC(=S)Nc2ccc(Cl)cc2Cl)cc1. The highest BCUT2D eigenvalue weighted by atomic mass is 35.5. The normalized spacial score (nSPS) is 10.6. The van der Waals surface area contributed by atoms with Crippen LogP contribution in [0.4, 0.5) is 10.1 Å². The summed E-state index contributed by atoms with van der Waals surface area (Å²) in [6, 6.07) is 10.9.